The summed E-state index contributed by atoms with van der Waals surface area (Å²) in [6, 6.07) is 7.33. The molecule has 0 aliphatic rings. The molecule has 136 valence electrons. The zero-order chi connectivity index (χ0) is 18.2. The van der Waals surface area contributed by atoms with Gasteiger partial charge in [-0.05, 0) is 57.4 Å². The van der Waals surface area contributed by atoms with E-state index < -0.39 is 0 Å². The van der Waals surface area contributed by atoms with Gasteiger partial charge in [-0.15, -0.1) is 0 Å². The molecule has 2 aromatic rings. The van der Waals surface area contributed by atoms with E-state index in [9.17, 15) is 4.39 Å². The van der Waals surface area contributed by atoms with E-state index in [2.05, 4.69) is 33.7 Å². The molecule has 0 spiro atoms. The SMILES string of the molecule is CCNC(=NCc1ccc(C)c(F)c1)NCCCn1nc(C)cc1C. The minimum absolute atomic E-state index is 0.185. The maximum absolute atomic E-state index is 13.6. The molecule has 6 heteroatoms. The van der Waals surface area contributed by atoms with Crippen LogP contribution in [0.3, 0.4) is 0 Å². The Kier molecular flexibility index (Phi) is 6.98. The van der Waals surface area contributed by atoms with Crippen LogP contribution in [0.25, 0.3) is 0 Å². The molecule has 0 radical (unpaired) electrons. The third-order valence-corrected chi connectivity index (χ3v) is 3.94. The number of aryl methyl sites for hydroxylation is 4. The average Bonchev–Trinajstić information content (AvgIpc) is 2.89. The van der Waals surface area contributed by atoms with E-state index in [4.69, 9.17) is 0 Å². The Balaban J connectivity index is 1.84. The summed E-state index contributed by atoms with van der Waals surface area (Å²) in [5.74, 6) is 0.562. The number of hydrogen-bond donors (Lipinski definition) is 2. The molecule has 25 heavy (non-hydrogen) atoms. The average molecular weight is 345 g/mol. The van der Waals surface area contributed by atoms with E-state index in [0.717, 1.165) is 43.3 Å². The zero-order valence-corrected chi connectivity index (χ0v) is 15.6. The molecule has 0 aliphatic carbocycles. The van der Waals surface area contributed by atoms with Crippen LogP contribution in [0.5, 0.6) is 0 Å². The summed E-state index contributed by atoms with van der Waals surface area (Å²) >= 11 is 0. The van der Waals surface area contributed by atoms with Crippen LogP contribution in [-0.4, -0.2) is 28.8 Å². The number of halogens is 1. The Morgan fingerprint density at radius 3 is 2.64 bits per heavy atom. The molecular formula is C19H28FN5. The fourth-order valence-electron chi connectivity index (χ4n) is 2.58. The Bertz CT molecular complexity index is 721. The third-order valence-electron chi connectivity index (χ3n) is 3.94. The van der Waals surface area contributed by atoms with Crippen molar-refractivity contribution in [2.75, 3.05) is 13.1 Å². The number of hydrogen-bond acceptors (Lipinski definition) is 2. The van der Waals surface area contributed by atoms with Crippen molar-refractivity contribution in [1.29, 1.82) is 0 Å². The lowest BCUT2D eigenvalue weighted by Crippen LogP contribution is -2.38. The Morgan fingerprint density at radius 2 is 2.00 bits per heavy atom. The number of rotatable bonds is 7. The van der Waals surface area contributed by atoms with Crippen LogP contribution in [0.2, 0.25) is 0 Å². The molecule has 0 amide bonds. The highest BCUT2D eigenvalue weighted by atomic mass is 19.1. The second-order valence-corrected chi connectivity index (χ2v) is 6.21. The molecule has 1 aromatic carbocycles. The van der Waals surface area contributed by atoms with Crippen molar-refractivity contribution in [2.24, 2.45) is 4.99 Å². The summed E-state index contributed by atoms with van der Waals surface area (Å²) in [6.07, 6.45) is 0.950. The van der Waals surface area contributed by atoms with Crippen LogP contribution in [0.4, 0.5) is 4.39 Å². The number of nitrogens with one attached hydrogen (secondary N) is 2. The second kappa shape index (κ2) is 9.20. The Hall–Kier alpha value is -2.37. The van der Waals surface area contributed by atoms with Gasteiger partial charge in [0.25, 0.3) is 0 Å². The molecule has 0 saturated carbocycles. The molecule has 0 atom stereocenters. The van der Waals surface area contributed by atoms with Crippen molar-refractivity contribution >= 4 is 5.96 Å². The van der Waals surface area contributed by atoms with E-state index in [1.165, 1.54) is 5.69 Å². The standard InChI is InChI=1S/C19H28FN5/c1-5-21-19(23-13-17-8-7-14(2)18(20)12-17)22-9-6-10-25-16(4)11-15(3)24-25/h7-8,11-12H,5-6,9-10,13H2,1-4H3,(H2,21,22,23). The smallest absolute Gasteiger partial charge is 0.191 e. The highest BCUT2D eigenvalue weighted by Gasteiger charge is 2.02. The minimum atomic E-state index is -0.185. The van der Waals surface area contributed by atoms with Gasteiger partial charge in [-0.3, -0.25) is 4.68 Å². The number of guanidine groups is 1. The van der Waals surface area contributed by atoms with E-state index in [0.29, 0.717) is 12.1 Å². The largest absolute Gasteiger partial charge is 0.357 e. The fraction of sp³-hybridized carbons (Fsp3) is 0.474. The van der Waals surface area contributed by atoms with E-state index in [1.54, 1.807) is 19.1 Å². The van der Waals surface area contributed by atoms with Crippen molar-refractivity contribution in [2.45, 2.75) is 47.2 Å². The summed E-state index contributed by atoms with van der Waals surface area (Å²) in [7, 11) is 0. The first-order valence-corrected chi connectivity index (χ1v) is 8.78. The van der Waals surface area contributed by atoms with Gasteiger partial charge in [0, 0.05) is 25.3 Å². The second-order valence-electron chi connectivity index (χ2n) is 6.21. The van der Waals surface area contributed by atoms with Gasteiger partial charge in [0.15, 0.2) is 5.96 Å². The van der Waals surface area contributed by atoms with Gasteiger partial charge in [0.05, 0.1) is 12.2 Å². The van der Waals surface area contributed by atoms with Gasteiger partial charge in [-0.25, -0.2) is 9.38 Å². The molecule has 0 saturated heterocycles. The zero-order valence-electron chi connectivity index (χ0n) is 15.6. The summed E-state index contributed by atoms with van der Waals surface area (Å²) in [5.41, 5.74) is 3.75. The van der Waals surface area contributed by atoms with Gasteiger partial charge in [0.2, 0.25) is 0 Å². The number of nitrogens with zero attached hydrogens (tertiary/aromatic N) is 3. The van der Waals surface area contributed by atoms with Crippen LogP contribution in [0, 0.1) is 26.6 Å². The third kappa shape index (κ3) is 5.89. The van der Waals surface area contributed by atoms with Crippen LogP contribution in [-0.2, 0) is 13.1 Å². The summed E-state index contributed by atoms with van der Waals surface area (Å²) < 4.78 is 15.6. The molecule has 0 bridgehead atoms. The van der Waals surface area contributed by atoms with E-state index in [-0.39, 0.29) is 5.82 Å². The maximum Gasteiger partial charge on any atom is 0.191 e. The van der Waals surface area contributed by atoms with E-state index in [1.807, 2.05) is 24.6 Å². The molecule has 1 aromatic heterocycles. The molecule has 0 unspecified atom stereocenters. The molecule has 1 heterocycles. The quantitative estimate of drug-likeness (QED) is 0.461. The molecule has 2 N–H and O–H groups in total. The summed E-state index contributed by atoms with van der Waals surface area (Å²) in [5, 5.41) is 11.0. The van der Waals surface area contributed by atoms with Crippen molar-refractivity contribution in [3.05, 3.63) is 52.6 Å². The number of benzene rings is 1. The predicted octanol–water partition coefficient (Wildman–Crippen LogP) is 3.09. The van der Waals surface area contributed by atoms with Crippen LogP contribution >= 0.6 is 0 Å². The van der Waals surface area contributed by atoms with Crippen molar-refractivity contribution < 1.29 is 4.39 Å². The maximum atomic E-state index is 13.6. The lowest BCUT2D eigenvalue weighted by Gasteiger charge is -2.12. The Morgan fingerprint density at radius 1 is 1.20 bits per heavy atom. The van der Waals surface area contributed by atoms with Crippen molar-refractivity contribution in [3.63, 3.8) is 0 Å². The molecule has 2 rings (SSSR count). The number of aromatic nitrogens is 2. The van der Waals surface area contributed by atoms with Crippen LogP contribution in [0.1, 0.15) is 35.9 Å². The topological polar surface area (TPSA) is 54.2 Å². The molecule has 0 aliphatic heterocycles. The first kappa shape index (κ1) is 19.0. The fourth-order valence-corrected chi connectivity index (χ4v) is 2.58. The summed E-state index contributed by atoms with van der Waals surface area (Å²) in [6.45, 7) is 10.8. The van der Waals surface area contributed by atoms with Gasteiger partial charge < -0.3 is 10.6 Å². The van der Waals surface area contributed by atoms with Crippen LogP contribution < -0.4 is 10.6 Å². The van der Waals surface area contributed by atoms with Crippen molar-refractivity contribution in [1.82, 2.24) is 20.4 Å². The molecule has 5 nitrogen and oxygen atoms in total. The van der Waals surface area contributed by atoms with E-state index >= 15 is 0 Å². The first-order chi connectivity index (χ1) is 12.0. The van der Waals surface area contributed by atoms with Gasteiger partial charge in [0.1, 0.15) is 5.82 Å². The molecular weight excluding hydrogens is 317 g/mol. The minimum Gasteiger partial charge on any atom is -0.357 e. The monoisotopic (exact) mass is 345 g/mol. The lowest BCUT2D eigenvalue weighted by atomic mass is 10.1. The van der Waals surface area contributed by atoms with Gasteiger partial charge in [-0.2, -0.15) is 5.10 Å². The Labute approximate surface area is 149 Å². The lowest BCUT2D eigenvalue weighted by molar-refractivity contribution is 0.555. The highest BCUT2D eigenvalue weighted by molar-refractivity contribution is 5.79. The van der Waals surface area contributed by atoms with Gasteiger partial charge in [-0.1, -0.05) is 12.1 Å². The van der Waals surface area contributed by atoms with Crippen molar-refractivity contribution in [3.8, 4) is 0 Å². The highest BCUT2D eigenvalue weighted by Crippen LogP contribution is 2.10. The number of aliphatic imine (C=N–C) groups is 1. The first-order valence-electron chi connectivity index (χ1n) is 8.78. The predicted molar refractivity (Wildman–Crippen MR) is 100 cm³/mol. The normalized spacial score (nSPS) is 11.6. The molecule has 0 fully saturated rings. The van der Waals surface area contributed by atoms with Gasteiger partial charge >= 0.3 is 0 Å². The summed E-state index contributed by atoms with van der Waals surface area (Å²) in [4.78, 5) is 4.53. The van der Waals surface area contributed by atoms with Crippen LogP contribution in [0.15, 0.2) is 29.3 Å².